The predicted molar refractivity (Wildman–Crippen MR) is 90.6 cm³/mol. The normalized spacial score (nSPS) is 14.9. The Balaban J connectivity index is 1.58. The molecule has 6 heteroatoms. The molecular formula is C19H19NO5. The molecule has 0 N–H and O–H groups in total. The van der Waals surface area contributed by atoms with Gasteiger partial charge in [0.25, 0.3) is 5.91 Å². The molecular weight excluding hydrogens is 322 g/mol. The van der Waals surface area contributed by atoms with E-state index in [4.69, 9.17) is 18.9 Å². The van der Waals surface area contributed by atoms with Gasteiger partial charge in [-0.2, -0.15) is 0 Å². The molecule has 0 radical (unpaired) electrons. The molecule has 0 spiro atoms. The fraction of sp³-hybridized carbons (Fsp3) is 0.316. The molecule has 2 aliphatic rings. The van der Waals surface area contributed by atoms with Crippen molar-refractivity contribution in [3.05, 3.63) is 47.0 Å². The van der Waals surface area contributed by atoms with Gasteiger partial charge in [-0.3, -0.25) is 4.79 Å². The minimum atomic E-state index is -0.0238. The summed E-state index contributed by atoms with van der Waals surface area (Å²) in [4.78, 5) is 14.7. The first-order chi connectivity index (χ1) is 12.2. The van der Waals surface area contributed by atoms with Gasteiger partial charge in [-0.1, -0.05) is 0 Å². The van der Waals surface area contributed by atoms with Gasteiger partial charge in [0.2, 0.25) is 6.79 Å². The van der Waals surface area contributed by atoms with Crippen LogP contribution in [0.2, 0.25) is 0 Å². The van der Waals surface area contributed by atoms with Crippen LogP contribution in [0.1, 0.15) is 21.5 Å². The number of nitrogens with zero attached hydrogens (tertiary/aromatic N) is 1. The van der Waals surface area contributed by atoms with Crippen LogP contribution in [0.15, 0.2) is 30.3 Å². The molecule has 0 bridgehead atoms. The van der Waals surface area contributed by atoms with Crippen molar-refractivity contribution in [3.63, 3.8) is 0 Å². The molecule has 2 heterocycles. The summed E-state index contributed by atoms with van der Waals surface area (Å²) in [5.74, 6) is 2.67. The van der Waals surface area contributed by atoms with E-state index in [2.05, 4.69) is 0 Å². The molecule has 0 aromatic heterocycles. The molecule has 130 valence electrons. The molecule has 4 rings (SSSR count). The summed E-state index contributed by atoms with van der Waals surface area (Å²) >= 11 is 0. The van der Waals surface area contributed by atoms with Crippen molar-refractivity contribution in [2.75, 3.05) is 27.6 Å². The summed E-state index contributed by atoms with van der Waals surface area (Å²) in [5.41, 5.74) is 2.90. The third-order valence-electron chi connectivity index (χ3n) is 4.62. The lowest BCUT2D eigenvalue weighted by molar-refractivity contribution is 0.0734. The zero-order chi connectivity index (χ0) is 17.4. The lowest BCUT2D eigenvalue weighted by atomic mass is 9.98. The second-order valence-electron chi connectivity index (χ2n) is 6.02. The van der Waals surface area contributed by atoms with Crippen LogP contribution in [-0.4, -0.2) is 38.4 Å². The highest BCUT2D eigenvalue weighted by Crippen LogP contribution is 2.37. The topological polar surface area (TPSA) is 57.2 Å². The van der Waals surface area contributed by atoms with Crippen molar-refractivity contribution < 1.29 is 23.7 Å². The number of methoxy groups -OCH3 is 2. The second kappa shape index (κ2) is 6.20. The van der Waals surface area contributed by atoms with Gasteiger partial charge in [-0.05, 0) is 47.9 Å². The largest absolute Gasteiger partial charge is 0.493 e. The molecule has 0 saturated heterocycles. The lowest BCUT2D eigenvalue weighted by Crippen LogP contribution is -2.35. The van der Waals surface area contributed by atoms with E-state index in [1.807, 2.05) is 17.0 Å². The van der Waals surface area contributed by atoms with Crippen LogP contribution >= 0.6 is 0 Å². The molecule has 0 aliphatic carbocycles. The highest BCUT2D eigenvalue weighted by atomic mass is 16.7. The maximum Gasteiger partial charge on any atom is 0.254 e. The van der Waals surface area contributed by atoms with E-state index in [-0.39, 0.29) is 12.7 Å². The van der Waals surface area contributed by atoms with Crippen molar-refractivity contribution in [2.45, 2.75) is 13.0 Å². The SMILES string of the molecule is COc1ccc(C(=O)N2CCc3cc4c(cc3C2)OCO4)cc1OC. The Morgan fingerprint density at radius 2 is 1.72 bits per heavy atom. The van der Waals surface area contributed by atoms with Crippen LogP contribution < -0.4 is 18.9 Å². The third-order valence-corrected chi connectivity index (χ3v) is 4.62. The fourth-order valence-corrected chi connectivity index (χ4v) is 3.27. The molecule has 0 unspecified atom stereocenters. The van der Waals surface area contributed by atoms with Gasteiger partial charge in [0.05, 0.1) is 14.2 Å². The summed E-state index contributed by atoms with van der Waals surface area (Å²) in [7, 11) is 3.14. The summed E-state index contributed by atoms with van der Waals surface area (Å²) in [6.07, 6.45) is 0.797. The number of ether oxygens (including phenoxy) is 4. The summed E-state index contributed by atoms with van der Waals surface area (Å²) in [5, 5.41) is 0. The monoisotopic (exact) mass is 341 g/mol. The average Bonchev–Trinajstić information content (AvgIpc) is 3.11. The fourth-order valence-electron chi connectivity index (χ4n) is 3.27. The maximum absolute atomic E-state index is 12.9. The van der Waals surface area contributed by atoms with Gasteiger partial charge in [-0.15, -0.1) is 0 Å². The Bertz CT molecular complexity index is 833. The van der Waals surface area contributed by atoms with Crippen LogP contribution in [0.5, 0.6) is 23.0 Å². The van der Waals surface area contributed by atoms with E-state index in [9.17, 15) is 4.79 Å². The van der Waals surface area contributed by atoms with E-state index in [1.165, 1.54) is 5.56 Å². The van der Waals surface area contributed by atoms with Crippen molar-refractivity contribution in [1.82, 2.24) is 4.90 Å². The van der Waals surface area contributed by atoms with Crippen LogP contribution in [0.25, 0.3) is 0 Å². The van der Waals surface area contributed by atoms with Crippen molar-refractivity contribution in [2.24, 2.45) is 0 Å². The van der Waals surface area contributed by atoms with Gasteiger partial charge < -0.3 is 23.8 Å². The van der Waals surface area contributed by atoms with Crippen LogP contribution in [0.3, 0.4) is 0 Å². The number of amides is 1. The Morgan fingerprint density at radius 1 is 1.00 bits per heavy atom. The highest BCUT2D eigenvalue weighted by molar-refractivity contribution is 5.95. The first-order valence-corrected chi connectivity index (χ1v) is 8.12. The summed E-state index contributed by atoms with van der Waals surface area (Å²) in [6.45, 7) is 1.48. The standard InChI is InChI=1S/C19H19NO5/c1-22-15-4-3-13(8-16(15)23-2)19(21)20-6-5-12-7-17-18(25-11-24-17)9-14(12)10-20/h3-4,7-9H,5-6,10-11H2,1-2H3. The Kier molecular flexibility index (Phi) is 3.87. The number of fused-ring (bicyclic) bond motifs is 2. The first kappa shape index (κ1) is 15.6. The highest BCUT2D eigenvalue weighted by Gasteiger charge is 2.25. The first-order valence-electron chi connectivity index (χ1n) is 8.12. The Labute approximate surface area is 145 Å². The van der Waals surface area contributed by atoms with E-state index >= 15 is 0 Å². The van der Waals surface area contributed by atoms with Gasteiger partial charge in [-0.25, -0.2) is 0 Å². The zero-order valence-electron chi connectivity index (χ0n) is 14.2. The maximum atomic E-state index is 12.9. The number of hydrogen-bond donors (Lipinski definition) is 0. The van der Waals surface area contributed by atoms with Gasteiger partial charge in [0.15, 0.2) is 23.0 Å². The van der Waals surface area contributed by atoms with Crippen LogP contribution in [-0.2, 0) is 13.0 Å². The minimum absolute atomic E-state index is 0.0238. The number of hydrogen-bond acceptors (Lipinski definition) is 5. The number of carbonyl (C=O) groups excluding carboxylic acids is 1. The summed E-state index contributed by atoms with van der Waals surface area (Å²) < 4.78 is 21.4. The number of rotatable bonds is 3. The molecule has 2 aliphatic heterocycles. The molecule has 0 atom stereocenters. The summed E-state index contributed by atoms with van der Waals surface area (Å²) in [6, 6.07) is 9.23. The predicted octanol–water partition coefficient (Wildman–Crippen LogP) is 2.63. The Morgan fingerprint density at radius 3 is 2.44 bits per heavy atom. The molecule has 1 amide bonds. The number of benzene rings is 2. The second-order valence-corrected chi connectivity index (χ2v) is 6.02. The zero-order valence-corrected chi connectivity index (χ0v) is 14.2. The quantitative estimate of drug-likeness (QED) is 0.859. The van der Waals surface area contributed by atoms with Crippen molar-refractivity contribution >= 4 is 5.91 Å². The number of carbonyl (C=O) groups is 1. The minimum Gasteiger partial charge on any atom is -0.493 e. The van der Waals surface area contributed by atoms with Crippen molar-refractivity contribution in [3.8, 4) is 23.0 Å². The van der Waals surface area contributed by atoms with E-state index in [1.54, 1.807) is 32.4 Å². The molecule has 25 heavy (non-hydrogen) atoms. The third kappa shape index (κ3) is 2.73. The van der Waals surface area contributed by atoms with Crippen LogP contribution in [0, 0.1) is 0 Å². The van der Waals surface area contributed by atoms with Gasteiger partial charge in [0, 0.05) is 18.7 Å². The van der Waals surface area contributed by atoms with Crippen LogP contribution in [0.4, 0.5) is 0 Å². The Hall–Kier alpha value is -2.89. The van der Waals surface area contributed by atoms with E-state index in [0.717, 1.165) is 23.5 Å². The average molecular weight is 341 g/mol. The van der Waals surface area contributed by atoms with Gasteiger partial charge >= 0.3 is 0 Å². The molecule has 2 aromatic rings. The van der Waals surface area contributed by atoms with E-state index in [0.29, 0.717) is 30.2 Å². The lowest BCUT2D eigenvalue weighted by Gasteiger charge is -2.29. The van der Waals surface area contributed by atoms with E-state index < -0.39 is 0 Å². The molecule has 0 fully saturated rings. The van der Waals surface area contributed by atoms with Crippen molar-refractivity contribution in [1.29, 1.82) is 0 Å². The molecule has 0 saturated carbocycles. The smallest absolute Gasteiger partial charge is 0.254 e. The van der Waals surface area contributed by atoms with Gasteiger partial charge in [0.1, 0.15) is 0 Å². The molecule has 2 aromatic carbocycles. The molecule has 6 nitrogen and oxygen atoms in total.